The SMILES string of the molecule is Br.C=CCN1C(=O)/C(=C\C(=O)Nc2ccc(OC)cc2)SC1=Nc1c(C)n(C)n(-c2ccccc2)c1=O. The van der Waals surface area contributed by atoms with Gasteiger partial charge in [-0.3, -0.25) is 24.0 Å². The summed E-state index contributed by atoms with van der Waals surface area (Å²) in [6.45, 7) is 5.68. The lowest BCUT2D eigenvalue weighted by molar-refractivity contribution is -0.122. The van der Waals surface area contributed by atoms with Crippen LogP contribution in [0.1, 0.15) is 5.69 Å². The molecule has 2 amide bonds. The number of amides is 2. The van der Waals surface area contributed by atoms with E-state index in [1.807, 2.05) is 30.3 Å². The first-order valence-corrected chi connectivity index (χ1v) is 11.9. The van der Waals surface area contributed by atoms with E-state index in [-0.39, 0.29) is 45.6 Å². The molecular weight excluding hydrogens is 558 g/mol. The molecule has 0 saturated carbocycles. The summed E-state index contributed by atoms with van der Waals surface area (Å²) < 4.78 is 8.36. The van der Waals surface area contributed by atoms with E-state index in [4.69, 9.17) is 4.74 Å². The van der Waals surface area contributed by atoms with Crippen LogP contribution in [0.3, 0.4) is 0 Å². The van der Waals surface area contributed by atoms with Crippen molar-refractivity contribution in [2.24, 2.45) is 12.0 Å². The highest BCUT2D eigenvalue weighted by Crippen LogP contribution is 2.33. The molecule has 1 saturated heterocycles. The number of benzene rings is 2. The first-order chi connectivity index (χ1) is 17.3. The lowest BCUT2D eigenvalue weighted by atomic mass is 10.3. The first-order valence-electron chi connectivity index (χ1n) is 11.0. The number of nitrogens with one attached hydrogen (secondary N) is 1. The number of nitrogens with zero attached hydrogens (tertiary/aromatic N) is 4. The van der Waals surface area contributed by atoms with Gasteiger partial charge in [0.25, 0.3) is 11.5 Å². The number of ether oxygens (including phenoxy) is 1. The van der Waals surface area contributed by atoms with Gasteiger partial charge in [-0.25, -0.2) is 9.67 Å². The van der Waals surface area contributed by atoms with Gasteiger partial charge in [-0.15, -0.1) is 23.6 Å². The minimum Gasteiger partial charge on any atom is -0.497 e. The van der Waals surface area contributed by atoms with Gasteiger partial charge < -0.3 is 10.1 Å². The number of rotatable bonds is 7. The molecule has 1 aliphatic heterocycles. The van der Waals surface area contributed by atoms with Gasteiger partial charge in [-0.2, -0.15) is 0 Å². The highest BCUT2D eigenvalue weighted by atomic mass is 79.9. The zero-order chi connectivity index (χ0) is 25.8. The number of aliphatic imine (C=N–C) groups is 1. The van der Waals surface area contributed by atoms with Gasteiger partial charge in [0.05, 0.1) is 23.4 Å². The van der Waals surface area contributed by atoms with Crippen molar-refractivity contribution in [3.05, 3.63) is 94.3 Å². The Morgan fingerprint density at radius 1 is 1.14 bits per heavy atom. The number of aromatic nitrogens is 2. The fourth-order valence-corrected chi connectivity index (χ4v) is 4.60. The van der Waals surface area contributed by atoms with Crippen LogP contribution in [-0.4, -0.2) is 44.9 Å². The molecule has 2 aromatic carbocycles. The molecule has 0 bridgehead atoms. The fraction of sp³-hybridized carbons (Fsp3) is 0.154. The number of thioether (sulfide) groups is 1. The van der Waals surface area contributed by atoms with E-state index in [9.17, 15) is 14.4 Å². The Kier molecular flexibility index (Phi) is 8.95. The van der Waals surface area contributed by atoms with Gasteiger partial charge in [-0.05, 0) is 55.1 Å². The van der Waals surface area contributed by atoms with Gasteiger partial charge in [0.1, 0.15) is 5.75 Å². The van der Waals surface area contributed by atoms with E-state index in [1.165, 1.54) is 15.7 Å². The van der Waals surface area contributed by atoms with Crippen molar-refractivity contribution >= 4 is 57.1 Å². The van der Waals surface area contributed by atoms with Crippen molar-refractivity contribution < 1.29 is 14.3 Å². The van der Waals surface area contributed by atoms with E-state index in [0.29, 0.717) is 28.0 Å². The smallest absolute Gasteiger partial charge is 0.297 e. The summed E-state index contributed by atoms with van der Waals surface area (Å²) in [5, 5.41) is 3.03. The van der Waals surface area contributed by atoms with E-state index >= 15 is 0 Å². The summed E-state index contributed by atoms with van der Waals surface area (Å²) in [5.74, 6) is -0.185. The molecule has 9 nitrogen and oxygen atoms in total. The van der Waals surface area contributed by atoms with Crippen molar-refractivity contribution in [2.75, 3.05) is 19.0 Å². The quantitative estimate of drug-likeness (QED) is 0.329. The van der Waals surface area contributed by atoms with Crippen molar-refractivity contribution in [2.45, 2.75) is 6.92 Å². The monoisotopic (exact) mass is 583 g/mol. The molecule has 192 valence electrons. The minimum atomic E-state index is -0.460. The maximum Gasteiger partial charge on any atom is 0.297 e. The summed E-state index contributed by atoms with van der Waals surface area (Å²) in [5.41, 5.74) is 1.81. The Morgan fingerprint density at radius 2 is 1.81 bits per heavy atom. The molecule has 2 heterocycles. The molecule has 1 N–H and O–H groups in total. The van der Waals surface area contributed by atoms with Crippen LogP contribution in [0.25, 0.3) is 5.69 Å². The number of methoxy groups -OCH3 is 1. The first kappa shape index (κ1) is 27.8. The van der Waals surface area contributed by atoms with Gasteiger partial charge >= 0.3 is 0 Å². The van der Waals surface area contributed by atoms with E-state index in [0.717, 1.165) is 11.8 Å². The normalized spacial score (nSPS) is 15.1. The predicted octanol–water partition coefficient (Wildman–Crippen LogP) is 4.34. The average molecular weight is 584 g/mol. The number of carbonyl (C=O) groups excluding carboxylic acids is 2. The van der Waals surface area contributed by atoms with E-state index in [2.05, 4.69) is 16.9 Å². The molecule has 0 unspecified atom stereocenters. The largest absolute Gasteiger partial charge is 0.497 e. The molecule has 1 aliphatic rings. The van der Waals surface area contributed by atoms with Gasteiger partial charge in [-0.1, -0.05) is 24.3 Å². The summed E-state index contributed by atoms with van der Waals surface area (Å²) in [4.78, 5) is 45.1. The number of halogens is 1. The Balaban J connectivity index is 0.00000380. The standard InChI is InChI=1S/C26H25N5O4S.BrH/c1-5-15-30-24(33)21(16-22(32)27-18-11-13-20(35-4)14-12-18)36-26(30)28-23-17(2)29(3)31(25(23)34)19-9-7-6-8-10-19;/h5-14,16H,1,15H2,2-4H3,(H,27,32);1H/b21-16+,28-26?;. The molecule has 4 rings (SSSR count). The molecule has 0 aliphatic carbocycles. The van der Waals surface area contributed by atoms with Crippen LogP contribution >= 0.6 is 28.7 Å². The van der Waals surface area contributed by atoms with Crippen molar-refractivity contribution in [3.8, 4) is 11.4 Å². The number of para-hydroxylation sites is 1. The Labute approximate surface area is 228 Å². The van der Waals surface area contributed by atoms with Crippen LogP contribution in [0, 0.1) is 6.92 Å². The molecule has 11 heteroatoms. The number of anilines is 1. The topological polar surface area (TPSA) is 97.9 Å². The summed E-state index contributed by atoms with van der Waals surface area (Å²) in [6.07, 6.45) is 2.80. The third kappa shape index (κ3) is 5.78. The van der Waals surface area contributed by atoms with Gasteiger partial charge in [0.15, 0.2) is 10.9 Å². The van der Waals surface area contributed by atoms with Crippen LogP contribution in [0.15, 0.2) is 88.0 Å². The van der Waals surface area contributed by atoms with E-state index in [1.54, 1.807) is 56.1 Å². The lowest BCUT2D eigenvalue weighted by Gasteiger charge is -2.12. The second-order valence-corrected chi connectivity index (χ2v) is 8.85. The van der Waals surface area contributed by atoms with Crippen molar-refractivity contribution in [1.29, 1.82) is 0 Å². The van der Waals surface area contributed by atoms with Crippen molar-refractivity contribution in [1.82, 2.24) is 14.3 Å². The Hall–Kier alpha value is -3.83. The zero-order valence-corrected chi connectivity index (χ0v) is 23.0. The number of hydrogen-bond donors (Lipinski definition) is 1. The molecule has 0 radical (unpaired) electrons. The summed E-state index contributed by atoms with van der Waals surface area (Å²) >= 11 is 1.04. The predicted molar refractivity (Wildman–Crippen MR) is 152 cm³/mol. The van der Waals surface area contributed by atoms with E-state index < -0.39 is 5.91 Å². The van der Waals surface area contributed by atoms with Gasteiger partial charge in [0, 0.05) is 25.4 Å². The fourth-order valence-electron chi connectivity index (χ4n) is 3.63. The highest BCUT2D eigenvalue weighted by Gasteiger charge is 2.34. The van der Waals surface area contributed by atoms with Gasteiger partial charge in [0.2, 0.25) is 5.91 Å². The molecule has 1 aromatic heterocycles. The molecule has 37 heavy (non-hydrogen) atoms. The summed E-state index contributed by atoms with van der Waals surface area (Å²) in [7, 11) is 3.33. The zero-order valence-electron chi connectivity index (χ0n) is 20.5. The van der Waals surface area contributed by atoms with Crippen LogP contribution in [0.4, 0.5) is 11.4 Å². The third-order valence-electron chi connectivity index (χ3n) is 5.55. The Morgan fingerprint density at radius 3 is 2.43 bits per heavy atom. The van der Waals surface area contributed by atoms with Crippen LogP contribution in [0.2, 0.25) is 0 Å². The number of amidine groups is 1. The molecule has 1 fully saturated rings. The maximum atomic E-state index is 13.3. The lowest BCUT2D eigenvalue weighted by Crippen LogP contribution is -2.29. The Bertz CT molecular complexity index is 1440. The molecule has 3 aromatic rings. The minimum absolute atomic E-state index is 0. The number of carbonyl (C=O) groups is 2. The second-order valence-electron chi connectivity index (χ2n) is 7.84. The second kappa shape index (κ2) is 11.9. The highest BCUT2D eigenvalue weighted by molar-refractivity contribution is 8.93. The summed E-state index contributed by atoms with van der Waals surface area (Å²) in [6, 6.07) is 16.1. The molecular formula is C26H26BrN5O4S. The molecule has 0 spiro atoms. The average Bonchev–Trinajstić information content (AvgIpc) is 3.27. The van der Waals surface area contributed by atoms with Crippen molar-refractivity contribution in [3.63, 3.8) is 0 Å². The number of hydrogen-bond acceptors (Lipinski definition) is 6. The maximum absolute atomic E-state index is 13.3. The van der Waals surface area contributed by atoms with Crippen LogP contribution in [-0.2, 0) is 16.6 Å². The van der Waals surface area contributed by atoms with Crippen LogP contribution < -0.4 is 15.6 Å². The molecule has 0 atom stereocenters. The third-order valence-corrected chi connectivity index (χ3v) is 6.56. The van der Waals surface area contributed by atoms with Crippen LogP contribution in [0.5, 0.6) is 5.75 Å².